The number of para-hydroxylation sites is 1. The molecular formula is C12H14N2O. The summed E-state index contributed by atoms with van der Waals surface area (Å²) >= 11 is 0. The fourth-order valence-electron chi connectivity index (χ4n) is 1.71. The maximum absolute atomic E-state index is 9.06. The van der Waals surface area contributed by atoms with E-state index >= 15 is 0 Å². The minimum atomic E-state index is 0.745. The van der Waals surface area contributed by atoms with Gasteiger partial charge in [0.15, 0.2) is 0 Å². The molecule has 0 aliphatic rings. The molecule has 0 aliphatic carbocycles. The van der Waals surface area contributed by atoms with Crippen molar-refractivity contribution < 1.29 is 5.21 Å². The highest BCUT2D eigenvalue weighted by Crippen LogP contribution is 2.23. The molecule has 0 amide bonds. The zero-order valence-corrected chi connectivity index (χ0v) is 8.62. The van der Waals surface area contributed by atoms with Crippen LogP contribution >= 0.6 is 0 Å². The molecule has 0 atom stereocenters. The van der Waals surface area contributed by atoms with E-state index in [1.54, 1.807) is 0 Å². The largest absolute Gasteiger partial charge is 0.360 e. The van der Waals surface area contributed by atoms with E-state index in [0.29, 0.717) is 0 Å². The number of aromatic amines is 1. The number of benzene rings is 1. The summed E-state index contributed by atoms with van der Waals surface area (Å²) in [6.45, 7) is 2.03. The Morgan fingerprint density at radius 3 is 3.00 bits per heavy atom. The van der Waals surface area contributed by atoms with E-state index in [-0.39, 0.29) is 0 Å². The maximum atomic E-state index is 9.06. The predicted octanol–water partition coefficient (Wildman–Crippen LogP) is 2.90. The molecule has 0 unspecified atom stereocenters. The molecule has 78 valence electrons. The summed E-state index contributed by atoms with van der Waals surface area (Å²) in [5.74, 6) is 0. The number of allylic oxidation sites excluding steroid dienone is 1. The molecule has 2 rings (SSSR count). The number of hydroxylamine groups is 1. The van der Waals surface area contributed by atoms with Gasteiger partial charge in [-0.05, 0) is 12.5 Å². The second kappa shape index (κ2) is 4.19. The Morgan fingerprint density at radius 1 is 1.47 bits per heavy atom. The normalized spacial score (nSPS) is 12.0. The Bertz CT molecular complexity index is 485. The van der Waals surface area contributed by atoms with Crippen LogP contribution in [0.5, 0.6) is 0 Å². The van der Waals surface area contributed by atoms with E-state index in [2.05, 4.69) is 10.5 Å². The third-order valence-electron chi connectivity index (χ3n) is 2.41. The first kappa shape index (κ1) is 9.80. The zero-order valence-electron chi connectivity index (χ0n) is 8.62. The molecule has 1 heterocycles. The molecule has 15 heavy (non-hydrogen) atoms. The number of fused-ring (bicyclic) bond motifs is 1. The van der Waals surface area contributed by atoms with Crippen molar-refractivity contribution in [2.24, 2.45) is 0 Å². The fourth-order valence-corrected chi connectivity index (χ4v) is 1.71. The van der Waals surface area contributed by atoms with Crippen LogP contribution in [0.3, 0.4) is 0 Å². The lowest BCUT2D eigenvalue weighted by molar-refractivity contribution is 0.224. The zero-order chi connectivity index (χ0) is 10.7. The molecule has 0 aliphatic heterocycles. The number of hydrogen-bond acceptors (Lipinski definition) is 2. The number of aromatic nitrogens is 1. The van der Waals surface area contributed by atoms with E-state index in [4.69, 9.17) is 5.21 Å². The molecule has 0 fully saturated rings. The Hall–Kier alpha value is -1.74. The first-order valence-corrected chi connectivity index (χ1v) is 5.03. The van der Waals surface area contributed by atoms with Crippen molar-refractivity contribution in [3.63, 3.8) is 0 Å². The smallest absolute Gasteiger partial charge is 0.0655 e. The quantitative estimate of drug-likeness (QED) is 0.670. The van der Waals surface area contributed by atoms with Gasteiger partial charge in [0.2, 0.25) is 0 Å². The van der Waals surface area contributed by atoms with E-state index < -0.39 is 0 Å². The average Bonchev–Trinajstić information content (AvgIpc) is 2.70. The average molecular weight is 202 g/mol. The summed E-state index contributed by atoms with van der Waals surface area (Å²) in [6, 6.07) is 8.01. The van der Waals surface area contributed by atoms with Gasteiger partial charge in [-0.15, -0.1) is 0 Å². The van der Waals surface area contributed by atoms with Crippen LogP contribution in [0.25, 0.3) is 16.6 Å². The molecule has 3 N–H and O–H groups in total. The maximum Gasteiger partial charge on any atom is 0.0655 e. The summed E-state index contributed by atoms with van der Waals surface area (Å²) in [5, 5.41) is 10.2. The van der Waals surface area contributed by atoms with Gasteiger partial charge in [-0.25, -0.2) is 0 Å². The van der Waals surface area contributed by atoms with E-state index in [9.17, 15) is 0 Å². The summed E-state index contributed by atoms with van der Waals surface area (Å²) in [4.78, 5) is 3.17. The van der Waals surface area contributed by atoms with Crippen LogP contribution in [0.15, 0.2) is 36.5 Å². The number of hydrogen-bond donors (Lipinski definition) is 3. The van der Waals surface area contributed by atoms with Crippen molar-refractivity contribution in [1.29, 1.82) is 0 Å². The third kappa shape index (κ3) is 1.74. The number of nitrogens with one attached hydrogen (secondary N) is 2. The Balaban J connectivity index is 2.56. The number of rotatable bonds is 3. The lowest BCUT2D eigenvalue weighted by atomic mass is 10.1. The van der Waals surface area contributed by atoms with E-state index in [1.807, 2.05) is 43.5 Å². The Kier molecular flexibility index (Phi) is 2.74. The Labute approximate surface area is 88.4 Å². The van der Waals surface area contributed by atoms with E-state index in [0.717, 1.165) is 28.6 Å². The minimum Gasteiger partial charge on any atom is -0.360 e. The second-order valence-electron chi connectivity index (χ2n) is 3.39. The van der Waals surface area contributed by atoms with Gasteiger partial charge < -0.3 is 4.98 Å². The molecule has 0 spiro atoms. The van der Waals surface area contributed by atoms with Crippen molar-refractivity contribution in [2.45, 2.75) is 13.3 Å². The molecular weight excluding hydrogens is 188 g/mol. The molecule has 0 saturated heterocycles. The van der Waals surface area contributed by atoms with Crippen LogP contribution in [0.4, 0.5) is 0 Å². The van der Waals surface area contributed by atoms with Gasteiger partial charge in [-0.3, -0.25) is 10.7 Å². The van der Waals surface area contributed by atoms with Crippen molar-refractivity contribution >= 4 is 16.6 Å². The van der Waals surface area contributed by atoms with Crippen molar-refractivity contribution in [2.75, 3.05) is 0 Å². The van der Waals surface area contributed by atoms with Crippen LogP contribution in [-0.2, 0) is 0 Å². The van der Waals surface area contributed by atoms with Crippen LogP contribution in [0.2, 0.25) is 0 Å². The van der Waals surface area contributed by atoms with E-state index in [1.165, 1.54) is 0 Å². The monoisotopic (exact) mass is 202 g/mol. The van der Waals surface area contributed by atoms with Gasteiger partial charge in [-0.1, -0.05) is 31.2 Å². The minimum absolute atomic E-state index is 0.745. The molecule has 1 aromatic heterocycles. The van der Waals surface area contributed by atoms with Gasteiger partial charge in [-0.2, -0.15) is 0 Å². The lowest BCUT2D eigenvalue weighted by Crippen LogP contribution is -2.04. The third-order valence-corrected chi connectivity index (χ3v) is 2.41. The van der Waals surface area contributed by atoms with Gasteiger partial charge in [0, 0.05) is 22.7 Å². The highest BCUT2D eigenvalue weighted by Gasteiger charge is 2.06. The lowest BCUT2D eigenvalue weighted by Gasteiger charge is -2.03. The van der Waals surface area contributed by atoms with Crippen LogP contribution in [-0.4, -0.2) is 10.2 Å². The first-order chi connectivity index (χ1) is 7.36. The molecule has 2 aromatic rings. The fraction of sp³-hybridized carbons (Fsp3) is 0.167. The van der Waals surface area contributed by atoms with Crippen molar-refractivity contribution in [3.05, 3.63) is 42.1 Å². The van der Waals surface area contributed by atoms with Gasteiger partial charge in [0.25, 0.3) is 0 Å². The predicted molar refractivity (Wildman–Crippen MR) is 61.5 cm³/mol. The summed E-state index contributed by atoms with van der Waals surface area (Å²) in [5.41, 5.74) is 5.05. The highest BCUT2D eigenvalue weighted by atomic mass is 16.5. The number of H-pyrrole nitrogens is 1. The summed E-state index contributed by atoms with van der Waals surface area (Å²) in [6.07, 6.45) is 4.73. The first-order valence-electron chi connectivity index (χ1n) is 5.03. The van der Waals surface area contributed by atoms with Crippen LogP contribution < -0.4 is 5.48 Å². The van der Waals surface area contributed by atoms with Gasteiger partial charge in [0.1, 0.15) is 0 Å². The molecule has 0 saturated carbocycles. The summed E-state index contributed by atoms with van der Waals surface area (Å²) in [7, 11) is 0. The Morgan fingerprint density at radius 2 is 2.27 bits per heavy atom. The summed E-state index contributed by atoms with van der Waals surface area (Å²) < 4.78 is 0. The standard InChI is InChI=1S/C12H14N2O/c1-2-5-12(14-15)10-8-13-11-7-4-3-6-9(10)11/h3-8,13-15H,2H2,1H3/b12-5-. The van der Waals surface area contributed by atoms with Crippen LogP contribution in [0.1, 0.15) is 18.9 Å². The molecule has 0 radical (unpaired) electrons. The van der Waals surface area contributed by atoms with Gasteiger partial charge in [0.05, 0.1) is 5.70 Å². The van der Waals surface area contributed by atoms with Crippen molar-refractivity contribution in [3.8, 4) is 0 Å². The van der Waals surface area contributed by atoms with Gasteiger partial charge >= 0.3 is 0 Å². The van der Waals surface area contributed by atoms with Crippen molar-refractivity contribution in [1.82, 2.24) is 10.5 Å². The molecule has 3 nitrogen and oxygen atoms in total. The molecule has 3 heteroatoms. The second-order valence-corrected chi connectivity index (χ2v) is 3.39. The highest BCUT2D eigenvalue weighted by molar-refractivity contribution is 5.91. The van der Waals surface area contributed by atoms with Crippen LogP contribution in [0, 0.1) is 0 Å². The topological polar surface area (TPSA) is 48.0 Å². The molecule has 0 bridgehead atoms. The molecule has 1 aromatic carbocycles. The SMILES string of the molecule is CC/C=C(\NO)c1c[nH]c2ccccc12.